The number of hydrogen-bond acceptors (Lipinski definition) is 4. The van der Waals surface area contributed by atoms with Gasteiger partial charge in [-0.15, -0.1) is 0 Å². The highest BCUT2D eigenvalue weighted by molar-refractivity contribution is 6.35. The molecule has 0 bridgehead atoms. The molecule has 1 heterocycles. The lowest BCUT2D eigenvalue weighted by atomic mass is 10.2. The number of anilines is 1. The van der Waals surface area contributed by atoms with Crippen LogP contribution in [0.15, 0.2) is 40.9 Å². The zero-order chi connectivity index (χ0) is 15.0. The summed E-state index contributed by atoms with van der Waals surface area (Å²) in [7, 11) is 0. The van der Waals surface area contributed by atoms with E-state index in [4.69, 9.17) is 33.5 Å². The van der Waals surface area contributed by atoms with Crippen LogP contribution in [0.3, 0.4) is 0 Å². The van der Waals surface area contributed by atoms with Gasteiger partial charge in [0, 0.05) is 21.3 Å². The lowest BCUT2D eigenvalue weighted by molar-refractivity contribution is 0.429. The van der Waals surface area contributed by atoms with E-state index in [1.54, 1.807) is 24.3 Å². The van der Waals surface area contributed by atoms with Gasteiger partial charge in [-0.2, -0.15) is 4.98 Å². The van der Waals surface area contributed by atoms with Crippen molar-refractivity contribution in [2.75, 3.05) is 5.73 Å². The Morgan fingerprint density at radius 3 is 2.43 bits per heavy atom. The van der Waals surface area contributed by atoms with Gasteiger partial charge in [0.1, 0.15) is 5.82 Å². The summed E-state index contributed by atoms with van der Waals surface area (Å²) in [6.45, 7) is 0. The molecule has 3 aromatic rings. The summed E-state index contributed by atoms with van der Waals surface area (Å²) >= 11 is 11.8. The van der Waals surface area contributed by atoms with E-state index in [9.17, 15) is 4.39 Å². The fraction of sp³-hybridized carbons (Fsp3) is 0. The highest BCUT2D eigenvalue weighted by Crippen LogP contribution is 2.28. The van der Waals surface area contributed by atoms with Crippen molar-refractivity contribution in [1.29, 1.82) is 0 Å². The molecule has 2 aromatic carbocycles. The number of halogens is 3. The van der Waals surface area contributed by atoms with Crippen molar-refractivity contribution in [1.82, 2.24) is 10.1 Å². The van der Waals surface area contributed by atoms with Crippen LogP contribution in [0.5, 0.6) is 0 Å². The van der Waals surface area contributed by atoms with E-state index >= 15 is 0 Å². The van der Waals surface area contributed by atoms with Crippen LogP contribution >= 0.6 is 23.2 Å². The second-order valence-electron chi connectivity index (χ2n) is 4.32. The molecule has 4 nitrogen and oxygen atoms in total. The van der Waals surface area contributed by atoms with Gasteiger partial charge < -0.3 is 10.3 Å². The van der Waals surface area contributed by atoms with Crippen LogP contribution in [0.1, 0.15) is 0 Å². The lowest BCUT2D eigenvalue weighted by Crippen LogP contribution is -1.89. The number of aromatic nitrogens is 2. The molecule has 7 heteroatoms. The molecule has 0 atom stereocenters. The standard InChI is InChI=1S/C14H8Cl2FN3O/c15-8-3-7(4-9(16)5-8)13-19-14(21-20-13)11-2-1-10(18)6-12(11)17/h1-6H,18H2. The summed E-state index contributed by atoms with van der Waals surface area (Å²) in [5, 5.41) is 4.70. The number of rotatable bonds is 2. The van der Waals surface area contributed by atoms with Crippen molar-refractivity contribution < 1.29 is 8.91 Å². The molecule has 0 aliphatic heterocycles. The lowest BCUT2D eigenvalue weighted by Gasteiger charge is -1.98. The fourth-order valence-electron chi connectivity index (χ4n) is 1.84. The topological polar surface area (TPSA) is 64.9 Å². The minimum Gasteiger partial charge on any atom is -0.399 e. The minimum atomic E-state index is -0.533. The largest absolute Gasteiger partial charge is 0.399 e. The average molecular weight is 324 g/mol. The first-order valence-corrected chi connectivity index (χ1v) is 6.64. The summed E-state index contributed by atoms with van der Waals surface area (Å²) in [6.07, 6.45) is 0. The van der Waals surface area contributed by atoms with Crippen LogP contribution in [0.4, 0.5) is 10.1 Å². The Labute approximate surface area is 129 Å². The summed E-state index contributed by atoms with van der Waals surface area (Å²) in [5.74, 6) is -0.210. The van der Waals surface area contributed by atoms with E-state index in [1.807, 2.05) is 0 Å². The first-order chi connectivity index (χ1) is 10.0. The Bertz CT molecular complexity index is 799. The van der Waals surface area contributed by atoms with Crippen molar-refractivity contribution in [3.8, 4) is 22.8 Å². The maximum absolute atomic E-state index is 13.8. The molecule has 0 unspecified atom stereocenters. The van der Waals surface area contributed by atoms with E-state index in [-0.39, 0.29) is 17.3 Å². The van der Waals surface area contributed by atoms with E-state index in [0.29, 0.717) is 21.3 Å². The Kier molecular flexibility index (Phi) is 3.53. The molecule has 2 N–H and O–H groups in total. The number of nitrogen functional groups attached to an aromatic ring is 1. The van der Waals surface area contributed by atoms with Gasteiger partial charge in [0.15, 0.2) is 0 Å². The molecule has 0 fully saturated rings. The van der Waals surface area contributed by atoms with Crippen LogP contribution in [0, 0.1) is 5.82 Å². The molecule has 0 radical (unpaired) electrons. The summed E-state index contributed by atoms with van der Waals surface area (Å²) in [6, 6.07) is 9.09. The third kappa shape index (κ3) is 2.84. The first kappa shape index (κ1) is 13.9. The van der Waals surface area contributed by atoms with Gasteiger partial charge in [-0.25, -0.2) is 4.39 Å². The van der Waals surface area contributed by atoms with Crippen LogP contribution in [0.2, 0.25) is 10.0 Å². The second kappa shape index (κ2) is 5.35. The molecule has 0 aliphatic carbocycles. The van der Waals surface area contributed by atoms with E-state index < -0.39 is 5.82 Å². The Balaban J connectivity index is 2.03. The zero-order valence-corrected chi connectivity index (χ0v) is 12.0. The fourth-order valence-corrected chi connectivity index (χ4v) is 2.36. The second-order valence-corrected chi connectivity index (χ2v) is 5.19. The molecule has 106 valence electrons. The van der Waals surface area contributed by atoms with Crippen LogP contribution in [0.25, 0.3) is 22.8 Å². The molecule has 0 saturated carbocycles. The third-order valence-corrected chi connectivity index (χ3v) is 3.21. The molecule has 0 spiro atoms. The molecule has 3 rings (SSSR count). The minimum absolute atomic E-state index is 0.0543. The molecule has 0 aliphatic rings. The zero-order valence-electron chi connectivity index (χ0n) is 10.5. The Hall–Kier alpha value is -2.11. The molecular weight excluding hydrogens is 316 g/mol. The van der Waals surface area contributed by atoms with Crippen molar-refractivity contribution in [2.45, 2.75) is 0 Å². The molecular formula is C14H8Cl2FN3O. The van der Waals surface area contributed by atoms with Crippen molar-refractivity contribution >= 4 is 28.9 Å². The predicted octanol–water partition coefficient (Wildman–Crippen LogP) is 4.43. The van der Waals surface area contributed by atoms with Crippen molar-refractivity contribution in [3.05, 3.63) is 52.3 Å². The molecule has 21 heavy (non-hydrogen) atoms. The van der Waals surface area contributed by atoms with Gasteiger partial charge in [0.25, 0.3) is 5.89 Å². The summed E-state index contributed by atoms with van der Waals surface area (Å²) < 4.78 is 18.9. The van der Waals surface area contributed by atoms with E-state index in [1.165, 1.54) is 12.1 Å². The molecule has 1 aromatic heterocycles. The van der Waals surface area contributed by atoms with Gasteiger partial charge in [-0.05, 0) is 36.4 Å². The SMILES string of the molecule is Nc1ccc(-c2nc(-c3cc(Cl)cc(Cl)c3)no2)c(F)c1. The number of nitrogens with zero attached hydrogens (tertiary/aromatic N) is 2. The quantitative estimate of drug-likeness (QED) is 0.708. The third-order valence-electron chi connectivity index (χ3n) is 2.77. The molecule has 0 amide bonds. The number of hydrogen-bond donors (Lipinski definition) is 1. The molecule has 0 saturated heterocycles. The maximum Gasteiger partial charge on any atom is 0.261 e. The monoisotopic (exact) mass is 323 g/mol. The van der Waals surface area contributed by atoms with Gasteiger partial charge in [-0.1, -0.05) is 28.4 Å². The average Bonchev–Trinajstić information content (AvgIpc) is 2.87. The van der Waals surface area contributed by atoms with Crippen LogP contribution in [-0.2, 0) is 0 Å². The number of benzene rings is 2. The Morgan fingerprint density at radius 1 is 1.05 bits per heavy atom. The summed E-state index contributed by atoms with van der Waals surface area (Å²) in [5.41, 5.74) is 6.58. The van der Waals surface area contributed by atoms with Gasteiger partial charge >= 0.3 is 0 Å². The first-order valence-electron chi connectivity index (χ1n) is 5.88. The van der Waals surface area contributed by atoms with Gasteiger partial charge in [0.05, 0.1) is 5.56 Å². The highest BCUT2D eigenvalue weighted by Gasteiger charge is 2.15. The summed E-state index contributed by atoms with van der Waals surface area (Å²) in [4.78, 5) is 4.15. The number of nitrogens with two attached hydrogens (primary N) is 1. The predicted molar refractivity (Wildman–Crippen MR) is 79.6 cm³/mol. The Morgan fingerprint density at radius 2 is 1.76 bits per heavy atom. The van der Waals surface area contributed by atoms with Crippen molar-refractivity contribution in [2.24, 2.45) is 0 Å². The van der Waals surface area contributed by atoms with Crippen molar-refractivity contribution in [3.63, 3.8) is 0 Å². The van der Waals surface area contributed by atoms with Crippen LogP contribution < -0.4 is 5.73 Å². The highest BCUT2D eigenvalue weighted by atomic mass is 35.5. The smallest absolute Gasteiger partial charge is 0.261 e. The maximum atomic E-state index is 13.8. The van der Waals surface area contributed by atoms with Gasteiger partial charge in [0.2, 0.25) is 5.82 Å². The van der Waals surface area contributed by atoms with E-state index in [2.05, 4.69) is 10.1 Å². The van der Waals surface area contributed by atoms with Crippen LogP contribution in [-0.4, -0.2) is 10.1 Å². The normalized spacial score (nSPS) is 10.8. The van der Waals surface area contributed by atoms with Gasteiger partial charge in [-0.3, -0.25) is 0 Å². The van der Waals surface area contributed by atoms with E-state index in [0.717, 1.165) is 0 Å².